The van der Waals surface area contributed by atoms with Gasteiger partial charge in [-0.15, -0.1) is 10.2 Å². The molecule has 1 heterocycles. The van der Waals surface area contributed by atoms with Gasteiger partial charge in [0.2, 0.25) is 0 Å². The van der Waals surface area contributed by atoms with Gasteiger partial charge in [0.05, 0.1) is 5.69 Å². The number of halogens is 2. The first-order valence-corrected chi connectivity index (χ1v) is 6.96. The number of amides is 1. The minimum Gasteiger partial charge on any atom is -0.372 e. The summed E-state index contributed by atoms with van der Waals surface area (Å²) in [4.78, 5) is 12.0. The van der Waals surface area contributed by atoms with Gasteiger partial charge in [-0.2, -0.15) is 0 Å². The molecule has 0 fully saturated rings. The topological polar surface area (TPSA) is 66.9 Å². The first kappa shape index (κ1) is 14.0. The van der Waals surface area contributed by atoms with Gasteiger partial charge in [0.15, 0.2) is 5.69 Å². The summed E-state index contributed by atoms with van der Waals surface area (Å²) in [6.45, 7) is 0. The summed E-state index contributed by atoms with van der Waals surface area (Å²) in [5, 5.41) is 13.3. The molecule has 0 spiro atoms. The summed E-state index contributed by atoms with van der Waals surface area (Å²) in [6.07, 6.45) is 0. The highest BCUT2D eigenvalue weighted by Crippen LogP contribution is 2.26. The lowest BCUT2D eigenvalue weighted by molar-refractivity contribution is 0.102. The Bertz CT molecular complexity index is 601. The van der Waals surface area contributed by atoms with E-state index in [9.17, 15) is 4.79 Å². The number of carbonyl (C=O) groups excluding carboxylic acids is 1. The van der Waals surface area contributed by atoms with E-state index in [1.54, 1.807) is 25.2 Å². The zero-order valence-corrected chi connectivity index (χ0v) is 13.1. The fourth-order valence-corrected chi connectivity index (χ4v) is 2.51. The lowest BCUT2D eigenvalue weighted by Gasteiger charge is -2.07. The minimum absolute atomic E-state index is 0.258. The van der Waals surface area contributed by atoms with E-state index in [1.165, 1.54) is 0 Å². The van der Waals surface area contributed by atoms with Crippen LogP contribution in [0, 0.1) is 0 Å². The maximum atomic E-state index is 12.0. The fraction of sp³-hybridized carbons (Fsp3) is 0.0833. The van der Waals surface area contributed by atoms with Crippen molar-refractivity contribution in [3.8, 4) is 0 Å². The van der Waals surface area contributed by atoms with Crippen molar-refractivity contribution >= 4 is 49.3 Å². The summed E-state index contributed by atoms with van der Waals surface area (Å²) < 4.78 is 1.71. The van der Waals surface area contributed by atoms with Crippen molar-refractivity contribution in [3.05, 3.63) is 45.0 Å². The van der Waals surface area contributed by atoms with E-state index in [1.807, 2.05) is 12.1 Å². The van der Waals surface area contributed by atoms with Gasteiger partial charge < -0.3 is 10.6 Å². The van der Waals surface area contributed by atoms with Crippen LogP contribution in [0.4, 0.5) is 11.5 Å². The third-order valence-corrected chi connectivity index (χ3v) is 3.48. The molecule has 0 aliphatic carbocycles. The number of hydrogen-bond acceptors (Lipinski definition) is 4. The van der Waals surface area contributed by atoms with Crippen LogP contribution in [0.25, 0.3) is 0 Å². The first-order valence-electron chi connectivity index (χ1n) is 5.38. The van der Waals surface area contributed by atoms with Crippen molar-refractivity contribution in [1.29, 1.82) is 0 Å². The summed E-state index contributed by atoms with van der Waals surface area (Å²) >= 11 is 6.73. The van der Waals surface area contributed by atoms with Crippen LogP contribution in [0.5, 0.6) is 0 Å². The third-order valence-electron chi connectivity index (χ3n) is 2.33. The molecule has 5 nitrogen and oxygen atoms in total. The monoisotopic (exact) mass is 384 g/mol. The van der Waals surface area contributed by atoms with Crippen molar-refractivity contribution in [1.82, 2.24) is 10.2 Å². The van der Waals surface area contributed by atoms with Crippen LogP contribution in [0.3, 0.4) is 0 Å². The molecule has 2 N–H and O–H groups in total. The average Bonchev–Trinajstić information content (AvgIpc) is 2.42. The van der Waals surface area contributed by atoms with E-state index in [-0.39, 0.29) is 11.6 Å². The largest absolute Gasteiger partial charge is 0.372 e. The molecule has 1 aromatic carbocycles. The quantitative estimate of drug-likeness (QED) is 0.850. The van der Waals surface area contributed by atoms with Crippen molar-refractivity contribution in [2.45, 2.75) is 0 Å². The Hall–Kier alpha value is -1.47. The number of aromatic nitrogens is 2. The van der Waals surface area contributed by atoms with Crippen LogP contribution >= 0.6 is 31.9 Å². The van der Waals surface area contributed by atoms with E-state index in [0.717, 1.165) is 8.95 Å². The van der Waals surface area contributed by atoms with E-state index < -0.39 is 0 Å². The van der Waals surface area contributed by atoms with Crippen molar-refractivity contribution in [2.24, 2.45) is 0 Å². The summed E-state index contributed by atoms with van der Waals surface area (Å²) in [5.41, 5.74) is 0.932. The van der Waals surface area contributed by atoms with Crippen molar-refractivity contribution in [2.75, 3.05) is 17.7 Å². The zero-order valence-electron chi connectivity index (χ0n) is 9.95. The SMILES string of the molecule is CNc1ccc(C(=O)Nc2ccc(Br)cc2Br)nn1. The van der Waals surface area contributed by atoms with Gasteiger partial charge in [0, 0.05) is 16.0 Å². The Balaban J connectivity index is 2.15. The van der Waals surface area contributed by atoms with Crippen LogP contribution in [0.1, 0.15) is 10.5 Å². The predicted molar refractivity (Wildman–Crippen MR) is 81.4 cm³/mol. The molecular weight excluding hydrogens is 376 g/mol. The van der Waals surface area contributed by atoms with Crippen LogP contribution < -0.4 is 10.6 Å². The smallest absolute Gasteiger partial charge is 0.276 e. The van der Waals surface area contributed by atoms with Gasteiger partial charge in [-0.25, -0.2) is 0 Å². The van der Waals surface area contributed by atoms with Gasteiger partial charge in [0.1, 0.15) is 5.82 Å². The second kappa shape index (κ2) is 6.12. The number of nitrogens with one attached hydrogen (secondary N) is 2. The molecule has 98 valence electrons. The maximum Gasteiger partial charge on any atom is 0.276 e. The lowest BCUT2D eigenvalue weighted by atomic mass is 10.3. The zero-order chi connectivity index (χ0) is 13.8. The van der Waals surface area contributed by atoms with Gasteiger partial charge in [0.25, 0.3) is 5.91 Å². The number of carbonyl (C=O) groups is 1. The molecule has 0 saturated heterocycles. The van der Waals surface area contributed by atoms with Crippen LogP contribution in [-0.4, -0.2) is 23.2 Å². The Kier molecular flexibility index (Phi) is 4.49. The molecule has 0 radical (unpaired) electrons. The fourth-order valence-electron chi connectivity index (χ4n) is 1.36. The highest BCUT2D eigenvalue weighted by atomic mass is 79.9. The molecular formula is C12H10Br2N4O. The van der Waals surface area contributed by atoms with Crippen LogP contribution in [-0.2, 0) is 0 Å². The highest BCUT2D eigenvalue weighted by molar-refractivity contribution is 9.11. The molecule has 2 aromatic rings. The summed E-state index contributed by atoms with van der Waals surface area (Å²) in [7, 11) is 1.74. The Morgan fingerprint density at radius 1 is 1.16 bits per heavy atom. The third kappa shape index (κ3) is 3.51. The van der Waals surface area contributed by atoms with E-state index >= 15 is 0 Å². The Morgan fingerprint density at radius 2 is 1.95 bits per heavy atom. The second-order valence-corrected chi connectivity index (χ2v) is 5.40. The summed E-state index contributed by atoms with van der Waals surface area (Å²) in [6, 6.07) is 8.79. The van der Waals surface area contributed by atoms with Gasteiger partial charge in [-0.3, -0.25) is 4.79 Å². The molecule has 7 heteroatoms. The van der Waals surface area contributed by atoms with Crippen LogP contribution in [0.2, 0.25) is 0 Å². The average molecular weight is 386 g/mol. The number of anilines is 2. The van der Waals surface area contributed by atoms with Crippen LogP contribution in [0.15, 0.2) is 39.3 Å². The maximum absolute atomic E-state index is 12.0. The number of nitrogens with zero attached hydrogens (tertiary/aromatic N) is 2. The standard InChI is InChI=1S/C12H10Br2N4O/c1-15-11-5-4-10(17-18-11)12(19)16-9-3-2-7(13)6-8(9)14/h2-6H,1H3,(H,15,18)(H,16,19). The summed E-state index contributed by atoms with van der Waals surface area (Å²) in [5.74, 6) is 0.305. The molecule has 1 amide bonds. The number of benzene rings is 1. The predicted octanol–water partition coefficient (Wildman–Crippen LogP) is 3.30. The molecule has 2 rings (SSSR count). The van der Waals surface area contributed by atoms with E-state index in [0.29, 0.717) is 11.5 Å². The minimum atomic E-state index is -0.307. The number of rotatable bonds is 3. The second-order valence-electron chi connectivity index (χ2n) is 3.63. The first-order chi connectivity index (χ1) is 9.10. The number of hydrogen-bond donors (Lipinski definition) is 2. The Labute approximate surface area is 127 Å². The van der Waals surface area contributed by atoms with Crippen molar-refractivity contribution in [3.63, 3.8) is 0 Å². The molecule has 0 aliphatic heterocycles. The van der Waals surface area contributed by atoms with Gasteiger partial charge >= 0.3 is 0 Å². The molecule has 19 heavy (non-hydrogen) atoms. The van der Waals surface area contributed by atoms with Crippen molar-refractivity contribution < 1.29 is 4.79 Å². The Morgan fingerprint density at radius 3 is 2.53 bits per heavy atom. The van der Waals surface area contributed by atoms with Gasteiger partial charge in [-0.05, 0) is 46.3 Å². The normalized spacial score (nSPS) is 10.1. The molecule has 0 atom stereocenters. The molecule has 0 aliphatic rings. The van der Waals surface area contributed by atoms with E-state index in [2.05, 4.69) is 52.7 Å². The van der Waals surface area contributed by atoms with Gasteiger partial charge in [-0.1, -0.05) is 15.9 Å². The highest BCUT2D eigenvalue weighted by Gasteiger charge is 2.10. The molecule has 0 bridgehead atoms. The lowest BCUT2D eigenvalue weighted by Crippen LogP contribution is -2.14. The molecule has 0 unspecified atom stereocenters. The molecule has 1 aromatic heterocycles. The molecule has 0 saturated carbocycles. The van der Waals surface area contributed by atoms with E-state index in [4.69, 9.17) is 0 Å².